The molecule has 1 aromatic carbocycles. The number of carbonyl (C=O) groups excluding carboxylic acids is 1. The molecule has 5 nitrogen and oxygen atoms in total. The fraction of sp³-hybridized carbons (Fsp3) is 0.389. The molecule has 2 aromatic rings. The molecule has 0 bridgehead atoms. The molecule has 0 N–H and O–H groups in total. The quantitative estimate of drug-likeness (QED) is 0.807. The third-order valence-electron chi connectivity index (χ3n) is 4.20. The summed E-state index contributed by atoms with van der Waals surface area (Å²) in [6, 6.07) is 6.20. The summed E-state index contributed by atoms with van der Waals surface area (Å²) in [4.78, 5) is 22.8. The summed E-state index contributed by atoms with van der Waals surface area (Å²) in [7, 11) is 0. The lowest BCUT2D eigenvalue weighted by Gasteiger charge is -2.31. The minimum absolute atomic E-state index is 0.0329. The van der Waals surface area contributed by atoms with E-state index in [1.807, 2.05) is 6.92 Å². The Bertz CT molecular complexity index is 698. The molecule has 0 atom stereocenters. The van der Waals surface area contributed by atoms with Crippen LogP contribution in [0.5, 0.6) is 0 Å². The zero-order valence-electron chi connectivity index (χ0n) is 13.6. The van der Waals surface area contributed by atoms with E-state index in [9.17, 15) is 9.18 Å². The normalized spacial score (nSPS) is 15.3. The molecule has 0 unspecified atom stereocenters. The Hall–Kier alpha value is -2.50. The Morgan fingerprint density at radius 3 is 2.62 bits per heavy atom. The summed E-state index contributed by atoms with van der Waals surface area (Å²) in [5, 5.41) is 0. The summed E-state index contributed by atoms with van der Waals surface area (Å²) < 4.78 is 18.1. The van der Waals surface area contributed by atoms with Crippen molar-refractivity contribution in [2.24, 2.45) is 5.92 Å². The van der Waals surface area contributed by atoms with Crippen LogP contribution < -0.4 is 4.90 Å². The van der Waals surface area contributed by atoms with Crippen LogP contribution in [-0.2, 0) is 9.53 Å². The molecule has 126 valence electrons. The first-order valence-corrected chi connectivity index (χ1v) is 8.17. The van der Waals surface area contributed by atoms with Gasteiger partial charge in [-0.05, 0) is 44.0 Å². The predicted molar refractivity (Wildman–Crippen MR) is 89.0 cm³/mol. The van der Waals surface area contributed by atoms with Crippen molar-refractivity contribution in [2.45, 2.75) is 19.8 Å². The summed E-state index contributed by atoms with van der Waals surface area (Å²) in [5.41, 5.74) is 1.53. The van der Waals surface area contributed by atoms with E-state index < -0.39 is 0 Å². The van der Waals surface area contributed by atoms with Gasteiger partial charge in [0.05, 0.1) is 30.6 Å². The molecule has 0 radical (unpaired) electrons. The summed E-state index contributed by atoms with van der Waals surface area (Å²) in [5.74, 6) is 0.362. The Kier molecular flexibility index (Phi) is 5.03. The van der Waals surface area contributed by atoms with E-state index in [0.717, 1.165) is 37.3 Å². The second kappa shape index (κ2) is 7.38. The van der Waals surface area contributed by atoms with Crippen LogP contribution in [0, 0.1) is 11.7 Å². The molecule has 2 heterocycles. The summed E-state index contributed by atoms with van der Waals surface area (Å²) in [6.45, 7) is 3.73. The molecular weight excluding hydrogens is 309 g/mol. The third kappa shape index (κ3) is 3.69. The maximum absolute atomic E-state index is 13.0. The first-order chi connectivity index (χ1) is 11.7. The third-order valence-corrected chi connectivity index (χ3v) is 4.20. The van der Waals surface area contributed by atoms with Crippen LogP contribution >= 0.6 is 0 Å². The number of carbonyl (C=O) groups is 1. The van der Waals surface area contributed by atoms with E-state index in [1.165, 1.54) is 12.1 Å². The van der Waals surface area contributed by atoms with Crippen molar-refractivity contribution in [3.05, 3.63) is 42.5 Å². The van der Waals surface area contributed by atoms with Crippen molar-refractivity contribution in [2.75, 3.05) is 24.6 Å². The zero-order valence-corrected chi connectivity index (χ0v) is 13.6. The number of anilines is 1. The minimum Gasteiger partial charge on any atom is -0.466 e. The van der Waals surface area contributed by atoms with Crippen LogP contribution in [0.3, 0.4) is 0 Å². The lowest BCUT2D eigenvalue weighted by atomic mass is 9.97. The first kappa shape index (κ1) is 16.4. The predicted octanol–water partition coefficient (Wildman–Crippen LogP) is 3.06. The van der Waals surface area contributed by atoms with Crippen molar-refractivity contribution in [1.82, 2.24) is 9.97 Å². The highest BCUT2D eigenvalue weighted by atomic mass is 19.1. The Morgan fingerprint density at radius 1 is 1.25 bits per heavy atom. The van der Waals surface area contributed by atoms with Gasteiger partial charge in [0.25, 0.3) is 0 Å². The molecule has 1 aliphatic rings. The van der Waals surface area contributed by atoms with Crippen LogP contribution in [0.4, 0.5) is 10.2 Å². The Labute approximate surface area is 140 Å². The minimum atomic E-state index is -0.274. The van der Waals surface area contributed by atoms with E-state index in [4.69, 9.17) is 4.74 Å². The number of hydrogen-bond acceptors (Lipinski definition) is 5. The Balaban J connectivity index is 1.69. The molecule has 0 amide bonds. The number of benzene rings is 1. The van der Waals surface area contributed by atoms with Gasteiger partial charge >= 0.3 is 5.97 Å². The average molecular weight is 329 g/mol. The summed E-state index contributed by atoms with van der Waals surface area (Å²) >= 11 is 0. The van der Waals surface area contributed by atoms with Crippen molar-refractivity contribution in [3.63, 3.8) is 0 Å². The number of halogens is 1. The number of hydrogen-bond donors (Lipinski definition) is 0. The first-order valence-electron chi connectivity index (χ1n) is 8.17. The maximum atomic E-state index is 13.0. The number of aromatic nitrogens is 2. The van der Waals surface area contributed by atoms with Gasteiger partial charge in [-0.1, -0.05) is 0 Å². The van der Waals surface area contributed by atoms with Gasteiger partial charge in [-0.3, -0.25) is 9.78 Å². The van der Waals surface area contributed by atoms with Crippen molar-refractivity contribution in [1.29, 1.82) is 0 Å². The fourth-order valence-electron chi connectivity index (χ4n) is 2.87. The number of ether oxygens (including phenoxy) is 1. The maximum Gasteiger partial charge on any atom is 0.309 e. The number of rotatable bonds is 4. The average Bonchev–Trinajstić information content (AvgIpc) is 2.63. The van der Waals surface area contributed by atoms with Gasteiger partial charge in [-0.15, -0.1) is 0 Å². The van der Waals surface area contributed by atoms with Crippen LogP contribution in [0.25, 0.3) is 11.3 Å². The lowest BCUT2D eigenvalue weighted by molar-refractivity contribution is -0.148. The zero-order chi connectivity index (χ0) is 16.9. The largest absolute Gasteiger partial charge is 0.466 e. The van der Waals surface area contributed by atoms with Gasteiger partial charge < -0.3 is 9.64 Å². The fourth-order valence-corrected chi connectivity index (χ4v) is 2.87. The number of piperidine rings is 1. The molecule has 0 aliphatic carbocycles. The molecule has 1 aromatic heterocycles. The standard InChI is InChI=1S/C18H20FN3O2/c1-2-24-18(23)14-7-9-22(10-8-14)17-12-20-11-16(21-17)13-3-5-15(19)6-4-13/h3-6,11-12,14H,2,7-10H2,1H3. The van der Waals surface area contributed by atoms with Crippen LogP contribution in [0.2, 0.25) is 0 Å². The van der Waals surface area contributed by atoms with Gasteiger partial charge in [-0.25, -0.2) is 9.37 Å². The van der Waals surface area contributed by atoms with Gasteiger partial charge in [0.15, 0.2) is 0 Å². The van der Waals surface area contributed by atoms with Crippen LogP contribution in [-0.4, -0.2) is 35.6 Å². The highest BCUT2D eigenvalue weighted by molar-refractivity contribution is 5.72. The van der Waals surface area contributed by atoms with E-state index in [1.54, 1.807) is 24.5 Å². The highest BCUT2D eigenvalue weighted by Gasteiger charge is 2.26. The molecule has 6 heteroatoms. The van der Waals surface area contributed by atoms with Crippen molar-refractivity contribution >= 4 is 11.8 Å². The van der Waals surface area contributed by atoms with E-state index >= 15 is 0 Å². The highest BCUT2D eigenvalue weighted by Crippen LogP contribution is 2.24. The molecule has 0 spiro atoms. The molecule has 24 heavy (non-hydrogen) atoms. The lowest BCUT2D eigenvalue weighted by Crippen LogP contribution is -2.37. The molecule has 1 aliphatic heterocycles. The van der Waals surface area contributed by atoms with E-state index in [-0.39, 0.29) is 17.7 Å². The number of esters is 1. The molecule has 1 saturated heterocycles. The van der Waals surface area contributed by atoms with Gasteiger partial charge in [-0.2, -0.15) is 0 Å². The molecule has 0 saturated carbocycles. The monoisotopic (exact) mass is 329 g/mol. The van der Waals surface area contributed by atoms with Gasteiger partial charge in [0, 0.05) is 18.7 Å². The van der Waals surface area contributed by atoms with Crippen LogP contribution in [0.15, 0.2) is 36.7 Å². The Morgan fingerprint density at radius 2 is 1.96 bits per heavy atom. The van der Waals surface area contributed by atoms with Gasteiger partial charge in [0.2, 0.25) is 0 Å². The molecular formula is C18H20FN3O2. The smallest absolute Gasteiger partial charge is 0.309 e. The topological polar surface area (TPSA) is 55.3 Å². The van der Waals surface area contributed by atoms with Crippen LogP contribution in [0.1, 0.15) is 19.8 Å². The molecule has 1 fully saturated rings. The van der Waals surface area contributed by atoms with Crippen molar-refractivity contribution < 1.29 is 13.9 Å². The van der Waals surface area contributed by atoms with E-state index in [0.29, 0.717) is 12.3 Å². The second-order valence-corrected chi connectivity index (χ2v) is 5.78. The SMILES string of the molecule is CCOC(=O)C1CCN(c2cncc(-c3ccc(F)cc3)n2)CC1. The number of nitrogens with zero attached hydrogens (tertiary/aromatic N) is 3. The second-order valence-electron chi connectivity index (χ2n) is 5.78. The summed E-state index contributed by atoms with van der Waals surface area (Å²) in [6.07, 6.45) is 4.89. The van der Waals surface area contributed by atoms with Crippen molar-refractivity contribution in [3.8, 4) is 11.3 Å². The molecule has 3 rings (SSSR count). The van der Waals surface area contributed by atoms with E-state index in [2.05, 4.69) is 14.9 Å². The van der Waals surface area contributed by atoms with Gasteiger partial charge in [0.1, 0.15) is 11.6 Å².